The summed E-state index contributed by atoms with van der Waals surface area (Å²) < 4.78 is 7.42. The first-order chi connectivity index (χ1) is 11.3. The number of hydrogen-bond donors (Lipinski definition) is 2. The minimum atomic E-state index is 0.666. The molecule has 118 valence electrons. The summed E-state index contributed by atoms with van der Waals surface area (Å²) in [5.74, 6) is 3.48. The standard InChI is InChI=1S/C15H17N7O/c1-8-2-13(21-20-8)18-14-4-16-12-3-17-22(15(12)19-14)5-9-10-6-23-7-11(9)10/h2-4,9-11H,5-7H2,1H3,(H2,18,19,20,21). The molecule has 1 aliphatic carbocycles. The van der Waals surface area contributed by atoms with Crippen molar-refractivity contribution in [2.75, 3.05) is 18.5 Å². The van der Waals surface area contributed by atoms with Gasteiger partial charge in [0.05, 0.1) is 25.6 Å². The number of nitrogens with one attached hydrogen (secondary N) is 2. The summed E-state index contributed by atoms with van der Waals surface area (Å²) in [5.41, 5.74) is 2.62. The minimum Gasteiger partial charge on any atom is -0.381 e. The summed E-state index contributed by atoms with van der Waals surface area (Å²) >= 11 is 0. The normalized spacial score (nSPS) is 25.7. The predicted molar refractivity (Wildman–Crippen MR) is 83.2 cm³/mol. The van der Waals surface area contributed by atoms with Crippen molar-refractivity contribution in [3.8, 4) is 0 Å². The molecular formula is C15H17N7O. The Hall–Kier alpha value is -2.48. The van der Waals surface area contributed by atoms with E-state index < -0.39 is 0 Å². The third kappa shape index (κ3) is 2.17. The lowest BCUT2D eigenvalue weighted by Crippen LogP contribution is -2.09. The molecule has 1 saturated heterocycles. The number of nitrogens with zero attached hydrogens (tertiary/aromatic N) is 5. The summed E-state index contributed by atoms with van der Waals surface area (Å²) in [4.78, 5) is 9.09. The van der Waals surface area contributed by atoms with Crippen molar-refractivity contribution in [1.82, 2.24) is 29.9 Å². The van der Waals surface area contributed by atoms with E-state index in [1.165, 1.54) is 0 Å². The van der Waals surface area contributed by atoms with Gasteiger partial charge in [-0.2, -0.15) is 10.2 Å². The molecule has 0 radical (unpaired) electrons. The van der Waals surface area contributed by atoms with Gasteiger partial charge in [0, 0.05) is 18.3 Å². The average molecular weight is 311 g/mol. The van der Waals surface area contributed by atoms with Crippen LogP contribution >= 0.6 is 0 Å². The Labute approximate surface area is 132 Å². The molecule has 0 amide bonds. The molecule has 8 heteroatoms. The van der Waals surface area contributed by atoms with Gasteiger partial charge in [-0.05, 0) is 24.7 Å². The number of ether oxygens (including phenoxy) is 1. The number of aromatic amines is 1. The van der Waals surface area contributed by atoms with E-state index in [1.54, 1.807) is 12.4 Å². The van der Waals surface area contributed by atoms with Gasteiger partial charge in [-0.25, -0.2) is 14.6 Å². The zero-order valence-corrected chi connectivity index (χ0v) is 12.7. The number of aryl methyl sites for hydroxylation is 1. The zero-order chi connectivity index (χ0) is 15.4. The summed E-state index contributed by atoms with van der Waals surface area (Å²) in [6.45, 7) is 4.64. The SMILES string of the molecule is Cc1cc(Nc2cnc3cnn(CC4C5COCC54)c3n2)n[nH]1. The molecule has 0 aromatic carbocycles. The van der Waals surface area contributed by atoms with Crippen molar-refractivity contribution in [1.29, 1.82) is 0 Å². The van der Waals surface area contributed by atoms with Gasteiger partial charge in [-0.3, -0.25) is 5.10 Å². The zero-order valence-electron chi connectivity index (χ0n) is 12.7. The Morgan fingerprint density at radius 3 is 2.96 bits per heavy atom. The molecule has 3 aromatic heterocycles. The largest absolute Gasteiger partial charge is 0.381 e. The van der Waals surface area contributed by atoms with Gasteiger partial charge >= 0.3 is 0 Å². The van der Waals surface area contributed by atoms with Gasteiger partial charge in [0.15, 0.2) is 17.3 Å². The van der Waals surface area contributed by atoms with Crippen molar-refractivity contribution in [3.63, 3.8) is 0 Å². The smallest absolute Gasteiger partial charge is 0.178 e. The highest BCUT2D eigenvalue weighted by Crippen LogP contribution is 2.51. The van der Waals surface area contributed by atoms with Crippen molar-refractivity contribution >= 4 is 22.8 Å². The lowest BCUT2D eigenvalue weighted by atomic mass is 10.3. The van der Waals surface area contributed by atoms with Crippen LogP contribution in [0.4, 0.5) is 11.6 Å². The molecule has 4 heterocycles. The van der Waals surface area contributed by atoms with Crippen molar-refractivity contribution in [2.45, 2.75) is 13.5 Å². The molecule has 3 aromatic rings. The fourth-order valence-electron chi connectivity index (χ4n) is 3.49. The number of anilines is 2. The molecule has 2 aliphatic rings. The number of aromatic nitrogens is 6. The number of rotatable bonds is 4. The van der Waals surface area contributed by atoms with Gasteiger partial charge < -0.3 is 10.1 Å². The maximum absolute atomic E-state index is 5.45. The van der Waals surface area contributed by atoms with Crippen LogP contribution in [0.5, 0.6) is 0 Å². The van der Waals surface area contributed by atoms with Gasteiger partial charge in [-0.15, -0.1) is 0 Å². The van der Waals surface area contributed by atoms with Crippen LogP contribution in [0.25, 0.3) is 11.2 Å². The van der Waals surface area contributed by atoms with Gasteiger partial charge in [-0.1, -0.05) is 0 Å². The summed E-state index contributed by atoms with van der Waals surface area (Å²) in [6.07, 6.45) is 3.48. The van der Waals surface area contributed by atoms with Crippen LogP contribution in [0.3, 0.4) is 0 Å². The van der Waals surface area contributed by atoms with Crippen molar-refractivity contribution in [2.24, 2.45) is 17.8 Å². The molecule has 2 N–H and O–H groups in total. The van der Waals surface area contributed by atoms with Gasteiger partial charge in [0.25, 0.3) is 0 Å². The molecular weight excluding hydrogens is 294 g/mol. The first-order valence-electron chi connectivity index (χ1n) is 7.83. The van der Waals surface area contributed by atoms with E-state index in [-0.39, 0.29) is 0 Å². The maximum atomic E-state index is 5.45. The molecule has 8 nitrogen and oxygen atoms in total. The maximum Gasteiger partial charge on any atom is 0.178 e. The highest BCUT2D eigenvalue weighted by molar-refractivity contribution is 5.71. The van der Waals surface area contributed by atoms with E-state index in [0.717, 1.165) is 42.4 Å². The molecule has 2 unspecified atom stereocenters. The van der Waals surface area contributed by atoms with Crippen molar-refractivity contribution < 1.29 is 4.74 Å². The molecule has 1 aliphatic heterocycles. The van der Waals surface area contributed by atoms with Gasteiger partial charge in [0.1, 0.15) is 5.52 Å². The third-order valence-electron chi connectivity index (χ3n) is 4.82. The summed E-state index contributed by atoms with van der Waals surface area (Å²) in [7, 11) is 0. The first-order valence-corrected chi connectivity index (χ1v) is 7.83. The quantitative estimate of drug-likeness (QED) is 0.758. The number of hydrogen-bond acceptors (Lipinski definition) is 6. The highest BCUT2D eigenvalue weighted by atomic mass is 16.5. The molecule has 0 bridgehead atoms. The van der Waals surface area contributed by atoms with Crippen LogP contribution in [-0.2, 0) is 11.3 Å². The number of H-pyrrole nitrogens is 1. The Bertz CT molecular complexity index is 860. The van der Waals surface area contributed by atoms with E-state index in [4.69, 9.17) is 4.74 Å². The second kappa shape index (κ2) is 4.76. The second-order valence-corrected chi connectivity index (χ2v) is 6.38. The highest BCUT2D eigenvalue weighted by Gasteiger charge is 2.53. The molecule has 2 fully saturated rings. The van der Waals surface area contributed by atoms with Crippen LogP contribution in [-0.4, -0.2) is 43.2 Å². The monoisotopic (exact) mass is 311 g/mol. The van der Waals surface area contributed by atoms with E-state index >= 15 is 0 Å². The van der Waals surface area contributed by atoms with Crippen LogP contribution in [0.2, 0.25) is 0 Å². The van der Waals surface area contributed by atoms with Crippen molar-refractivity contribution in [3.05, 3.63) is 24.2 Å². The number of fused-ring (bicyclic) bond motifs is 2. The minimum absolute atomic E-state index is 0.666. The summed E-state index contributed by atoms with van der Waals surface area (Å²) in [5, 5.41) is 14.7. The van der Waals surface area contributed by atoms with Crippen LogP contribution in [0, 0.1) is 24.7 Å². The lowest BCUT2D eigenvalue weighted by Gasteiger charge is -2.06. The molecule has 23 heavy (non-hydrogen) atoms. The Kier molecular flexibility index (Phi) is 2.69. The average Bonchev–Trinajstić information content (AvgIpc) is 3.01. The lowest BCUT2D eigenvalue weighted by molar-refractivity contribution is 0.147. The predicted octanol–water partition coefficient (Wildman–Crippen LogP) is 1.49. The summed E-state index contributed by atoms with van der Waals surface area (Å²) in [6, 6.07) is 1.93. The Morgan fingerprint density at radius 2 is 2.17 bits per heavy atom. The topological polar surface area (TPSA) is 93.5 Å². The third-order valence-corrected chi connectivity index (χ3v) is 4.82. The molecule has 5 rings (SSSR count). The van der Waals surface area contributed by atoms with Crippen LogP contribution < -0.4 is 5.32 Å². The fourth-order valence-corrected chi connectivity index (χ4v) is 3.49. The fraction of sp³-hybridized carbons (Fsp3) is 0.467. The van der Waals surface area contributed by atoms with E-state index in [0.29, 0.717) is 23.6 Å². The first kappa shape index (κ1) is 13.0. The molecule has 0 spiro atoms. The molecule has 2 atom stereocenters. The van der Waals surface area contributed by atoms with Crippen LogP contribution in [0.1, 0.15) is 5.69 Å². The van der Waals surface area contributed by atoms with Gasteiger partial charge in [0.2, 0.25) is 0 Å². The Morgan fingerprint density at radius 1 is 1.30 bits per heavy atom. The van der Waals surface area contributed by atoms with E-state index in [1.807, 2.05) is 17.7 Å². The Balaban J connectivity index is 1.41. The van der Waals surface area contributed by atoms with E-state index in [9.17, 15) is 0 Å². The molecule has 1 saturated carbocycles. The second-order valence-electron chi connectivity index (χ2n) is 6.38. The van der Waals surface area contributed by atoms with E-state index in [2.05, 4.69) is 30.6 Å². The van der Waals surface area contributed by atoms with Crippen LogP contribution in [0.15, 0.2) is 18.5 Å².